The van der Waals surface area contributed by atoms with Crippen LogP contribution in [0.25, 0.3) is 0 Å². The molecule has 1 aliphatic carbocycles. The molecule has 2 unspecified atom stereocenters. The van der Waals surface area contributed by atoms with E-state index in [0.717, 1.165) is 38.7 Å². The number of hydrogen-bond acceptors (Lipinski definition) is 3. The molecule has 0 radical (unpaired) electrons. The van der Waals surface area contributed by atoms with Crippen molar-refractivity contribution in [2.45, 2.75) is 89.8 Å². The van der Waals surface area contributed by atoms with E-state index in [1.54, 1.807) is 0 Å². The third-order valence-electron chi connectivity index (χ3n) is 3.84. The van der Waals surface area contributed by atoms with E-state index in [1.807, 2.05) is 0 Å². The lowest BCUT2D eigenvalue weighted by Gasteiger charge is -2.37. The molecule has 0 heterocycles. The van der Waals surface area contributed by atoms with Gasteiger partial charge in [0.1, 0.15) is 5.54 Å². The Kier molecular flexibility index (Phi) is 7.41. The Balaban J connectivity index is 2.34. The molecule has 1 aliphatic rings. The molecule has 2 atom stereocenters. The van der Waals surface area contributed by atoms with Gasteiger partial charge in [0.25, 0.3) is 0 Å². The number of nitriles is 1. The van der Waals surface area contributed by atoms with Crippen molar-refractivity contribution in [3.05, 3.63) is 0 Å². The molecule has 0 aromatic carbocycles. The third kappa shape index (κ3) is 5.93. The van der Waals surface area contributed by atoms with Gasteiger partial charge in [-0.3, -0.25) is 5.32 Å². The molecular weight excluding hydrogens is 236 g/mol. The topological polar surface area (TPSA) is 45.0 Å². The van der Waals surface area contributed by atoms with Crippen LogP contribution < -0.4 is 5.32 Å². The van der Waals surface area contributed by atoms with Crippen molar-refractivity contribution in [3.8, 4) is 6.07 Å². The summed E-state index contributed by atoms with van der Waals surface area (Å²) in [6.45, 7) is 7.29. The van der Waals surface area contributed by atoms with Gasteiger partial charge in [0.2, 0.25) is 0 Å². The average Bonchev–Trinajstić information content (AvgIpc) is 2.38. The molecule has 0 aromatic heterocycles. The first-order valence-electron chi connectivity index (χ1n) is 7.92. The quantitative estimate of drug-likeness (QED) is 0.680. The van der Waals surface area contributed by atoms with Crippen LogP contribution in [0.5, 0.6) is 0 Å². The van der Waals surface area contributed by atoms with Crippen LogP contribution in [-0.2, 0) is 4.74 Å². The van der Waals surface area contributed by atoms with Crippen molar-refractivity contribution in [1.29, 1.82) is 5.26 Å². The molecule has 3 nitrogen and oxygen atoms in total. The molecule has 0 bridgehead atoms. The number of nitrogens with zero attached hydrogens (tertiary/aromatic N) is 1. The number of nitrogens with one attached hydrogen (secondary N) is 1. The summed E-state index contributed by atoms with van der Waals surface area (Å²) in [5.41, 5.74) is -0.361. The minimum Gasteiger partial charge on any atom is -0.378 e. The highest BCUT2D eigenvalue weighted by molar-refractivity contribution is 5.10. The van der Waals surface area contributed by atoms with E-state index < -0.39 is 0 Å². The van der Waals surface area contributed by atoms with Crippen molar-refractivity contribution in [3.63, 3.8) is 0 Å². The maximum absolute atomic E-state index is 9.48. The van der Waals surface area contributed by atoms with E-state index in [1.165, 1.54) is 19.3 Å². The first kappa shape index (κ1) is 16.5. The van der Waals surface area contributed by atoms with Crippen molar-refractivity contribution >= 4 is 0 Å². The standard InChI is InChI=1S/C16H30N2O/c1-4-5-6-7-11-19-15-9-8-10-16(12-15,13-17)18-14(2)3/h14-15,18H,4-12H2,1-3H3. The highest BCUT2D eigenvalue weighted by Crippen LogP contribution is 2.30. The van der Waals surface area contributed by atoms with Crippen LogP contribution in [-0.4, -0.2) is 24.3 Å². The van der Waals surface area contributed by atoms with Gasteiger partial charge in [-0.2, -0.15) is 5.26 Å². The fraction of sp³-hybridized carbons (Fsp3) is 0.938. The van der Waals surface area contributed by atoms with Crippen LogP contribution in [0.15, 0.2) is 0 Å². The normalized spacial score (nSPS) is 27.4. The van der Waals surface area contributed by atoms with Crippen LogP contribution in [0, 0.1) is 11.3 Å². The molecule has 0 aliphatic heterocycles. The van der Waals surface area contributed by atoms with Crippen LogP contribution >= 0.6 is 0 Å². The molecule has 1 fully saturated rings. The van der Waals surface area contributed by atoms with E-state index in [2.05, 4.69) is 32.2 Å². The maximum Gasteiger partial charge on any atom is 0.109 e. The summed E-state index contributed by atoms with van der Waals surface area (Å²) in [6.07, 6.45) is 9.24. The number of rotatable bonds is 8. The first-order chi connectivity index (χ1) is 9.12. The second-order valence-electron chi connectivity index (χ2n) is 6.14. The van der Waals surface area contributed by atoms with E-state index in [0.29, 0.717) is 6.04 Å². The summed E-state index contributed by atoms with van der Waals surface area (Å²) in [6, 6.07) is 2.85. The summed E-state index contributed by atoms with van der Waals surface area (Å²) >= 11 is 0. The predicted molar refractivity (Wildman–Crippen MR) is 79.0 cm³/mol. The molecule has 0 spiro atoms. The van der Waals surface area contributed by atoms with E-state index in [4.69, 9.17) is 4.74 Å². The minimum atomic E-state index is -0.361. The van der Waals surface area contributed by atoms with Gasteiger partial charge in [-0.05, 0) is 39.5 Å². The van der Waals surface area contributed by atoms with Crippen LogP contribution in [0.3, 0.4) is 0 Å². The van der Waals surface area contributed by atoms with Gasteiger partial charge in [0.05, 0.1) is 12.2 Å². The highest BCUT2D eigenvalue weighted by atomic mass is 16.5. The number of unbranched alkanes of at least 4 members (excludes halogenated alkanes) is 3. The second-order valence-corrected chi connectivity index (χ2v) is 6.14. The zero-order valence-corrected chi connectivity index (χ0v) is 12.9. The molecule has 0 saturated heterocycles. The molecule has 1 N–H and O–H groups in total. The van der Waals surface area contributed by atoms with E-state index in [-0.39, 0.29) is 11.6 Å². The molecular formula is C16H30N2O. The zero-order valence-electron chi connectivity index (χ0n) is 12.9. The lowest BCUT2D eigenvalue weighted by atomic mass is 9.80. The number of ether oxygens (including phenoxy) is 1. The summed E-state index contributed by atoms with van der Waals surface area (Å²) in [5.74, 6) is 0. The lowest BCUT2D eigenvalue weighted by Crippen LogP contribution is -2.52. The molecule has 1 saturated carbocycles. The monoisotopic (exact) mass is 266 g/mol. The summed E-state index contributed by atoms with van der Waals surface area (Å²) in [7, 11) is 0. The van der Waals surface area contributed by atoms with E-state index >= 15 is 0 Å². The average molecular weight is 266 g/mol. The molecule has 3 heteroatoms. The van der Waals surface area contributed by atoms with Crippen LogP contribution in [0.1, 0.15) is 72.1 Å². The van der Waals surface area contributed by atoms with Gasteiger partial charge in [0, 0.05) is 19.1 Å². The predicted octanol–water partition coefficient (Wildman–Crippen LogP) is 3.79. The first-order valence-corrected chi connectivity index (χ1v) is 7.92. The van der Waals surface area contributed by atoms with Gasteiger partial charge in [0.15, 0.2) is 0 Å². The molecule has 0 amide bonds. The molecule has 0 aromatic rings. The smallest absolute Gasteiger partial charge is 0.109 e. The Morgan fingerprint density at radius 1 is 1.37 bits per heavy atom. The largest absolute Gasteiger partial charge is 0.378 e. The summed E-state index contributed by atoms with van der Waals surface area (Å²) in [5, 5.41) is 12.9. The van der Waals surface area contributed by atoms with Gasteiger partial charge in [-0.1, -0.05) is 26.2 Å². The fourth-order valence-electron chi connectivity index (χ4n) is 2.96. The van der Waals surface area contributed by atoms with Gasteiger partial charge < -0.3 is 4.74 Å². The highest BCUT2D eigenvalue weighted by Gasteiger charge is 2.37. The van der Waals surface area contributed by atoms with Gasteiger partial charge in [-0.15, -0.1) is 0 Å². The Hall–Kier alpha value is -0.590. The number of hydrogen-bond donors (Lipinski definition) is 1. The minimum absolute atomic E-state index is 0.265. The van der Waals surface area contributed by atoms with Crippen LogP contribution in [0.2, 0.25) is 0 Å². The second kappa shape index (κ2) is 8.55. The van der Waals surface area contributed by atoms with Crippen molar-refractivity contribution in [1.82, 2.24) is 5.32 Å². The molecule has 110 valence electrons. The summed E-state index contributed by atoms with van der Waals surface area (Å²) in [4.78, 5) is 0. The summed E-state index contributed by atoms with van der Waals surface area (Å²) < 4.78 is 5.98. The Bertz CT molecular complexity index is 285. The SMILES string of the molecule is CCCCCCOC1CCCC(C#N)(NC(C)C)C1. The Morgan fingerprint density at radius 2 is 2.16 bits per heavy atom. The van der Waals surface area contributed by atoms with E-state index in [9.17, 15) is 5.26 Å². The molecule has 19 heavy (non-hydrogen) atoms. The molecule has 1 rings (SSSR count). The Labute approximate surface area is 118 Å². The van der Waals surface area contributed by atoms with Gasteiger partial charge >= 0.3 is 0 Å². The van der Waals surface area contributed by atoms with Crippen molar-refractivity contribution in [2.75, 3.05) is 6.61 Å². The maximum atomic E-state index is 9.48. The van der Waals surface area contributed by atoms with Crippen molar-refractivity contribution < 1.29 is 4.74 Å². The lowest BCUT2D eigenvalue weighted by molar-refractivity contribution is 0.00609. The fourth-order valence-corrected chi connectivity index (χ4v) is 2.96. The van der Waals surface area contributed by atoms with Gasteiger partial charge in [-0.25, -0.2) is 0 Å². The van der Waals surface area contributed by atoms with Crippen LogP contribution in [0.4, 0.5) is 0 Å². The zero-order chi connectivity index (χ0) is 14.1. The third-order valence-corrected chi connectivity index (χ3v) is 3.84. The Morgan fingerprint density at radius 3 is 2.79 bits per heavy atom. The van der Waals surface area contributed by atoms with Crippen molar-refractivity contribution in [2.24, 2.45) is 0 Å².